The Labute approximate surface area is 97.8 Å². The largest absolute Gasteiger partial charge is 0.328 e. The van der Waals surface area contributed by atoms with Gasteiger partial charge in [-0.2, -0.15) is 11.8 Å². The van der Waals surface area contributed by atoms with E-state index in [1.54, 1.807) is 0 Å². The third kappa shape index (κ3) is 3.36. The third-order valence-electron chi connectivity index (χ3n) is 3.78. The minimum Gasteiger partial charge on any atom is -0.328 e. The van der Waals surface area contributed by atoms with Crippen LogP contribution in [-0.4, -0.2) is 29.1 Å². The molecule has 0 aromatic heterocycles. The normalized spacial score (nSPS) is 42.0. The maximum atomic E-state index is 6.00. The Kier molecular flexibility index (Phi) is 3.97. The summed E-state index contributed by atoms with van der Waals surface area (Å²) in [7, 11) is 0. The first-order valence-electron chi connectivity index (χ1n) is 6.31. The van der Waals surface area contributed by atoms with Crippen LogP contribution < -0.4 is 11.1 Å². The number of nitrogens with two attached hydrogens (primary N) is 1. The summed E-state index contributed by atoms with van der Waals surface area (Å²) >= 11 is 2.14. The molecule has 2 fully saturated rings. The van der Waals surface area contributed by atoms with E-state index in [2.05, 4.69) is 24.0 Å². The molecule has 15 heavy (non-hydrogen) atoms. The number of rotatable bonds is 3. The van der Waals surface area contributed by atoms with Crippen LogP contribution in [-0.2, 0) is 0 Å². The molecule has 1 saturated heterocycles. The Balaban J connectivity index is 1.72. The van der Waals surface area contributed by atoms with E-state index in [0.29, 0.717) is 16.8 Å². The highest BCUT2D eigenvalue weighted by Crippen LogP contribution is 2.37. The molecule has 1 heterocycles. The van der Waals surface area contributed by atoms with Gasteiger partial charge >= 0.3 is 0 Å². The van der Waals surface area contributed by atoms with Crippen LogP contribution in [0.4, 0.5) is 0 Å². The first-order chi connectivity index (χ1) is 7.18. The maximum Gasteiger partial charge on any atom is 0.0256 e. The standard InChI is InChI=1S/C12H24N2S/c1-12(6-3-7-15-12)9-14-11-5-2-4-10(13)8-11/h10-11,14H,2-9,13H2,1H3. The second-order valence-electron chi connectivity index (χ2n) is 5.41. The van der Waals surface area contributed by atoms with Gasteiger partial charge < -0.3 is 11.1 Å². The predicted molar refractivity (Wildman–Crippen MR) is 68.3 cm³/mol. The number of nitrogens with one attached hydrogen (secondary N) is 1. The van der Waals surface area contributed by atoms with E-state index in [1.807, 2.05) is 0 Å². The van der Waals surface area contributed by atoms with Crippen molar-refractivity contribution in [3.8, 4) is 0 Å². The van der Waals surface area contributed by atoms with Crippen LogP contribution in [0.3, 0.4) is 0 Å². The molecule has 3 unspecified atom stereocenters. The van der Waals surface area contributed by atoms with E-state index in [-0.39, 0.29) is 0 Å². The van der Waals surface area contributed by atoms with E-state index in [9.17, 15) is 0 Å². The molecule has 2 aliphatic rings. The molecule has 2 rings (SSSR count). The fourth-order valence-electron chi connectivity index (χ4n) is 2.75. The summed E-state index contributed by atoms with van der Waals surface area (Å²) in [6, 6.07) is 1.13. The highest BCUT2D eigenvalue weighted by molar-refractivity contribution is 8.00. The molecule has 1 aliphatic heterocycles. The fourth-order valence-corrected chi connectivity index (χ4v) is 4.01. The topological polar surface area (TPSA) is 38.0 Å². The minimum absolute atomic E-state index is 0.445. The zero-order valence-corrected chi connectivity index (χ0v) is 10.6. The molecule has 0 amide bonds. The van der Waals surface area contributed by atoms with Crippen LogP contribution in [0.1, 0.15) is 45.4 Å². The summed E-state index contributed by atoms with van der Waals surface area (Å²) in [5, 5.41) is 3.73. The molecule has 3 atom stereocenters. The van der Waals surface area contributed by atoms with Gasteiger partial charge in [0.05, 0.1) is 0 Å². The van der Waals surface area contributed by atoms with Gasteiger partial charge in [0.25, 0.3) is 0 Å². The second kappa shape index (κ2) is 5.07. The molecule has 0 aromatic rings. The van der Waals surface area contributed by atoms with Crippen molar-refractivity contribution in [2.75, 3.05) is 12.3 Å². The second-order valence-corrected chi connectivity index (χ2v) is 7.09. The van der Waals surface area contributed by atoms with Gasteiger partial charge in [-0.15, -0.1) is 0 Å². The molecule has 0 bridgehead atoms. The van der Waals surface area contributed by atoms with Crippen molar-refractivity contribution in [1.82, 2.24) is 5.32 Å². The molecule has 1 aliphatic carbocycles. The van der Waals surface area contributed by atoms with Crippen LogP contribution >= 0.6 is 11.8 Å². The fraction of sp³-hybridized carbons (Fsp3) is 1.00. The van der Waals surface area contributed by atoms with Crippen LogP contribution in [0.2, 0.25) is 0 Å². The quantitative estimate of drug-likeness (QED) is 0.777. The number of hydrogen-bond donors (Lipinski definition) is 2. The Hall–Kier alpha value is 0.270. The lowest BCUT2D eigenvalue weighted by molar-refractivity contribution is 0.329. The SMILES string of the molecule is CC1(CNC2CCCC(N)C2)CCCS1. The third-order valence-corrected chi connectivity index (χ3v) is 5.32. The number of thioether (sulfide) groups is 1. The summed E-state index contributed by atoms with van der Waals surface area (Å²) in [6.07, 6.45) is 7.82. The van der Waals surface area contributed by atoms with Gasteiger partial charge in [-0.3, -0.25) is 0 Å². The van der Waals surface area contributed by atoms with Gasteiger partial charge in [-0.05, 0) is 44.8 Å². The van der Waals surface area contributed by atoms with Crippen LogP contribution in [0.15, 0.2) is 0 Å². The highest BCUT2D eigenvalue weighted by atomic mass is 32.2. The summed E-state index contributed by atoms with van der Waals surface area (Å²) < 4.78 is 0.502. The lowest BCUT2D eigenvalue weighted by Gasteiger charge is -2.31. The van der Waals surface area contributed by atoms with Gasteiger partial charge in [0.2, 0.25) is 0 Å². The molecule has 88 valence electrons. The van der Waals surface area contributed by atoms with Crippen molar-refractivity contribution in [3.63, 3.8) is 0 Å². The molecule has 3 heteroatoms. The van der Waals surface area contributed by atoms with Crippen molar-refractivity contribution in [2.24, 2.45) is 5.73 Å². The summed E-state index contributed by atoms with van der Waals surface area (Å²) in [5.41, 5.74) is 6.00. The van der Waals surface area contributed by atoms with Crippen LogP contribution in [0.5, 0.6) is 0 Å². The monoisotopic (exact) mass is 228 g/mol. The van der Waals surface area contributed by atoms with Gasteiger partial charge in [0.15, 0.2) is 0 Å². The van der Waals surface area contributed by atoms with Gasteiger partial charge in [-0.1, -0.05) is 6.42 Å². The van der Waals surface area contributed by atoms with E-state index < -0.39 is 0 Å². The van der Waals surface area contributed by atoms with E-state index in [1.165, 1.54) is 50.8 Å². The van der Waals surface area contributed by atoms with Crippen LogP contribution in [0.25, 0.3) is 0 Å². The van der Waals surface area contributed by atoms with E-state index >= 15 is 0 Å². The van der Waals surface area contributed by atoms with Crippen molar-refractivity contribution < 1.29 is 0 Å². The van der Waals surface area contributed by atoms with Crippen molar-refractivity contribution >= 4 is 11.8 Å². The molecule has 2 nitrogen and oxygen atoms in total. The number of hydrogen-bond acceptors (Lipinski definition) is 3. The molecule has 1 saturated carbocycles. The lowest BCUT2D eigenvalue weighted by atomic mass is 9.91. The van der Waals surface area contributed by atoms with E-state index in [4.69, 9.17) is 5.73 Å². The van der Waals surface area contributed by atoms with Gasteiger partial charge in [-0.25, -0.2) is 0 Å². The lowest BCUT2D eigenvalue weighted by Crippen LogP contribution is -2.44. The average molecular weight is 228 g/mol. The Bertz CT molecular complexity index is 202. The molecule has 3 N–H and O–H groups in total. The molecule has 0 spiro atoms. The average Bonchev–Trinajstić information content (AvgIpc) is 2.63. The van der Waals surface area contributed by atoms with Crippen molar-refractivity contribution in [2.45, 2.75) is 62.3 Å². The van der Waals surface area contributed by atoms with Crippen molar-refractivity contribution in [3.05, 3.63) is 0 Å². The highest BCUT2D eigenvalue weighted by Gasteiger charge is 2.30. The summed E-state index contributed by atoms with van der Waals surface area (Å²) in [4.78, 5) is 0. The zero-order chi connectivity index (χ0) is 10.7. The molecule has 0 radical (unpaired) electrons. The molecular weight excluding hydrogens is 204 g/mol. The van der Waals surface area contributed by atoms with Crippen LogP contribution in [0, 0.1) is 0 Å². The molecule has 0 aromatic carbocycles. The minimum atomic E-state index is 0.445. The summed E-state index contributed by atoms with van der Waals surface area (Å²) in [6.45, 7) is 3.58. The van der Waals surface area contributed by atoms with Gasteiger partial charge in [0.1, 0.15) is 0 Å². The molecular formula is C12H24N2S. The summed E-state index contributed by atoms with van der Waals surface area (Å²) in [5.74, 6) is 1.35. The zero-order valence-electron chi connectivity index (χ0n) is 9.80. The van der Waals surface area contributed by atoms with E-state index in [0.717, 1.165) is 0 Å². The predicted octanol–water partition coefficient (Wildman–Crippen LogP) is 2.13. The Morgan fingerprint density at radius 1 is 1.40 bits per heavy atom. The first-order valence-corrected chi connectivity index (χ1v) is 7.29. The Morgan fingerprint density at radius 2 is 2.27 bits per heavy atom. The first kappa shape index (κ1) is 11.7. The van der Waals surface area contributed by atoms with Crippen molar-refractivity contribution in [1.29, 1.82) is 0 Å². The maximum absolute atomic E-state index is 6.00. The van der Waals surface area contributed by atoms with Gasteiger partial charge in [0, 0.05) is 23.4 Å². The Morgan fingerprint density at radius 3 is 2.93 bits per heavy atom. The smallest absolute Gasteiger partial charge is 0.0256 e.